The molecule has 0 aromatic heterocycles. The van der Waals surface area contributed by atoms with E-state index in [0.29, 0.717) is 10.8 Å². The summed E-state index contributed by atoms with van der Waals surface area (Å²) < 4.78 is 5.43. The molecule has 0 heterocycles. The van der Waals surface area contributed by atoms with Gasteiger partial charge in [-0.1, -0.05) is 29.8 Å². The minimum atomic E-state index is -1.09. The van der Waals surface area contributed by atoms with Crippen molar-refractivity contribution >= 4 is 23.5 Å². The van der Waals surface area contributed by atoms with E-state index in [1.807, 2.05) is 0 Å². The molecule has 1 amide bonds. The molecule has 0 aliphatic heterocycles. The zero-order chi connectivity index (χ0) is 15.8. The summed E-state index contributed by atoms with van der Waals surface area (Å²) in [5, 5.41) is 12.0. The highest BCUT2D eigenvalue weighted by Gasteiger charge is 2.22. The van der Waals surface area contributed by atoms with Crippen molar-refractivity contribution < 1.29 is 19.4 Å². The van der Waals surface area contributed by atoms with Crippen molar-refractivity contribution in [3.05, 3.63) is 41.4 Å². The lowest BCUT2D eigenvalue weighted by Crippen LogP contribution is -2.46. The van der Waals surface area contributed by atoms with Gasteiger partial charge in [-0.2, -0.15) is 0 Å². The molecule has 0 fully saturated rings. The molecule has 0 bridgehead atoms. The van der Waals surface area contributed by atoms with Crippen molar-refractivity contribution in [3.63, 3.8) is 0 Å². The minimum absolute atomic E-state index is 0.224. The van der Waals surface area contributed by atoms with E-state index in [0.717, 1.165) is 0 Å². The average Bonchev–Trinajstić information content (AvgIpc) is 2.42. The van der Waals surface area contributed by atoms with Gasteiger partial charge in [0.25, 0.3) is 5.91 Å². The van der Waals surface area contributed by atoms with Gasteiger partial charge >= 0.3 is 5.97 Å². The number of nitrogens with one attached hydrogen (secondary N) is 1. The van der Waals surface area contributed by atoms with Crippen molar-refractivity contribution in [1.29, 1.82) is 0 Å². The monoisotopic (exact) mass is 311 g/mol. The van der Waals surface area contributed by atoms with Gasteiger partial charge in [-0.05, 0) is 38.5 Å². The molecule has 1 aromatic carbocycles. The number of ether oxygens (including phenoxy) is 1. The first kappa shape index (κ1) is 17.0. The number of carbonyl (C=O) groups is 2. The molecule has 114 valence electrons. The van der Waals surface area contributed by atoms with Crippen LogP contribution in [0, 0.1) is 0 Å². The maximum atomic E-state index is 12.0. The van der Waals surface area contributed by atoms with Crippen molar-refractivity contribution in [2.24, 2.45) is 0 Å². The van der Waals surface area contributed by atoms with Crippen LogP contribution in [0.5, 0.6) is 5.75 Å². The SMILES string of the molecule is C/C=C/CC(NC(=O)C(C)Oc1cccc(Cl)c1)C(=O)O. The van der Waals surface area contributed by atoms with Crippen molar-refractivity contribution in [3.8, 4) is 5.75 Å². The van der Waals surface area contributed by atoms with Crippen LogP contribution in [0.3, 0.4) is 0 Å². The quantitative estimate of drug-likeness (QED) is 0.759. The van der Waals surface area contributed by atoms with Crippen LogP contribution in [0.2, 0.25) is 5.02 Å². The number of allylic oxidation sites excluding steroid dienone is 1. The highest BCUT2D eigenvalue weighted by Crippen LogP contribution is 2.18. The second-order valence-corrected chi connectivity index (χ2v) is 4.86. The van der Waals surface area contributed by atoms with Gasteiger partial charge in [-0.15, -0.1) is 0 Å². The first-order chi connectivity index (χ1) is 9.93. The number of rotatable bonds is 7. The lowest BCUT2D eigenvalue weighted by molar-refractivity contribution is -0.142. The Kier molecular flexibility index (Phi) is 6.75. The summed E-state index contributed by atoms with van der Waals surface area (Å²) in [5.74, 6) is -1.13. The normalized spacial score (nSPS) is 13.7. The molecule has 0 saturated heterocycles. The molecular weight excluding hydrogens is 294 g/mol. The molecule has 2 unspecified atom stereocenters. The van der Waals surface area contributed by atoms with Crippen molar-refractivity contribution in [1.82, 2.24) is 5.32 Å². The number of benzene rings is 1. The van der Waals surface area contributed by atoms with E-state index in [-0.39, 0.29) is 6.42 Å². The van der Waals surface area contributed by atoms with Crippen LogP contribution in [-0.4, -0.2) is 29.1 Å². The van der Waals surface area contributed by atoms with E-state index >= 15 is 0 Å². The fraction of sp³-hybridized carbons (Fsp3) is 0.333. The molecule has 0 spiro atoms. The van der Waals surface area contributed by atoms with E-state index in [1.54, 1.807) is 50.3 Å². The maximum absolute atomic E-state index is 12.0. The van der Waals surface area contributed by atoms with Gasteiger partial charge in [-0.25, -0.2) is 4.79 Å². The summed E-state index contributed by atoms with van der Waals surface area (Å²) in [6, 6.07) is 5.67. The standard InChI is InChI=1S/C15H18ClNO4/c1-3-4-8-13(15(19)20)17-14(18)10(2)21-12-7-5-6-11(16)9-12/h3-7,9-10,13H,8H2,1-2H3,(H,17,18)(H,19,20)/b4-3+. The molecule has 6 heteroatoms. The van der Waals surface area contributed by atoms with Gasteiger partial charge in [0, 0.05) is 5.02 Å². The number of hydrogen-bond acceptors (Lipinski definition) is 3. The number of halogens is 1. The Morgan fingerprint density at radius 3 is 2.76 bits per heavy atom. The first-order valence-corrected chi connectivity index (χ1v) is 6.88. The van der Waals surface area contributed by atoms with E-state index in [2.05, 4.69) is 5.32 Å². The van der Waals surface area contributed by atoms with Gasteiger partial charge in [0.2, 0.25) is 0 Å². The summed E-state index contributed by atoms with van der Waals surface area (Å²) in [5.41, 5.74) is 0. The summed E-state index contributed by atoms with van der Waals surface area (Å²) in [6.45, 7) is 3.33. The van der Waals surface area contributed by atoms with Gasteiger partial charge < -0.3 is 15.2 Å². The molecule has 0 saturated carbocycles. The third kappa shape index (κ3) is 5.87. The van der Waals surface area contributed by atoms with Crippen LogP contribution in [-0.2, 0) is 9.59 Å². The minimum Gasteiger partial charge on any atom is -0.481 e. The Labute approximate surface area is 128 Å². The Hall–Kier alpha value is -2.01. The lowest BCUT2D eigenvalue weighted by atomic mass is 10.2. The molecule has 21 heavy (non-hydrogen) atoms. The average molecular weight is 312 g/mol. The third-order valence-corrected chi connectivity index (χ3v) is 2.94. The van der Waals surface area contributed by atoms with E-state index in [1.165, 1.54) is 0 Å². The molecule has 0 aliphatic carbocycles. The highest BCUT2D eigenvalue weighted by atomic mass is 35.5. The van der Waals surface area contributed by atoms with Gasteiger partial charge in [-0.3, -0.25) is 4.79 Å². The second-order valence-electron chi connectivity index (χ2n) is 4.42. The molecule has 2 N–H and O–H groups in total. The Balaban J connectivity index is 2.62. The largest absolute Gasteiger partial charge is 0.481 e. The molecule has 1 rings (SSSR count). The van der Waals surface area contributed by atoms with Crippen LogP contribution in [0.1, 0.15) is 20.3 Å². The Bertz CT molecular complexity index is 530. The highest BCUT2D eigenvalue weighted by molar-refractivity contribution is 6.30. The number of carboxylic acid groups (broad SMARTS) is 1. The Morgan fingerprint density at radius 1 is 1.48 bits per heavy atom. The summed E-state index contributed by atoms with van der Waals surface area (Å²) >= 11 is 5.83. The Morgan fingerprint density at radius 2 is 2.19 bits per heavy atom. The van der Waals surface area contributed by atoms with Crippen LogP contribution >= 0.6 is 11.6 Å². The number of amides is 1. The van der Waals surface area contributed by atoms with Crippen LogP contribution in [0.25, 0.3) is 0 Å². The fourth-order valence-electron chi connectivity index (χ4n) is 1.58. The number of aliphatic carboxylic acids is 1. The number of carboxylic acids is 1. The topological polar surface area (TPSA) is 75.6 Å². The van der Waals surface area contributed by atoms with Gasteiger partial charge in [0.15, 0.2) is 6.10 Å². The van der Waals surface area contributed by atoms with Crippen LogP contribution in [0.4, 0.5) is 0 Å². The molecular formula is C15H18ClNO4. The van der Waals surface area contributed by atoms with Crippen molar-refractivity contribution in [2.45, 2.75) is 32.4 Å². The molecule has 0 aliphatic rings. The predicted molar refractivity (Wildman–Crippen MR) is 80.5 cm³/mol. The summed E-state index contributed by atoms with van der Waals surface area (Å²) in [4.78, 5) is 23.0. The third-order valence-electron chi connectivity index (χ3n) is 2.70. The zero-order valence-electron chi connectivity index (χ0n) is 11.9. The molecule has 2 atom stereocenters. The van der Waals surface area contributed by atoms with Gasteiger partial charge in [0.1, 0.15) is 11.8 Å². The summed E-state index contributed by atoms with van der Waals surface area (Å²) in [6.07, 6.45) is 2.81. The number of hydrogen-bond donors (Lipinski definition) is 2. The van der Waals surface area contributed by atoms with Crippen LogP contribution in [0.15, 0.2) is 36.4 Å². The smallest absolute Gasteiger partial charge is 0.326 e. The first-order valence-electron chi connectivity index (χ1n) is 6.50. The number of carbonyl (C=O) groups excluding carboxylic acids is 1. The van der Waals surface area contributed by atoms with Crippen molar-refractivity contribution in [2.75, 3.05) is 0 Å². The molecule has 1 aromatic rings. The summed E-state index contributed by atoms with van der Waals surface area (Å²) in [7, 11) is 0. The predicted octanol–water partition coefficient (Wildman–Crippen LogP) is 2.64. The fourth-order valence-corrected chi connectivity index (χ4v) is 1.76. The van der Waals surface area contributed by atoms with E-state index in [9.17, 15) is 9.59 Å². The lowest BCUT2D eigenvalue weighted by Gasteiger charge is -2.18. The second kappa shape index (κ2) is 8.32. The maximum Gasteiger partial charge on any atom is 0.326 e. The molecule has 5 nitrogen and oxygen atoms in total. The van der Waals surface area contributed by atoms with Crippen LogP contribution < -0.4 is 10.1 Å². The van der Waals surface area contributed by atoms with Gasteiger partial charge in [0.05, 0.1) is 0 Å². The molecule has 0 radical (unpaired) electrons. The zero-order valence-corrected chi connectivity index (χ0v) is 12.6. The van der Waals surface area contributed by atoms with E-state index < -0.39 is 24.0 Å². The van der Waals surface area contributed by atoms with E-state index in [4.69, 9.17) is 21.4 Å².